The van der Waals surface area contributed by atoms with Gasteiger partial charge in [0.1, 0.15) is 0 Å². The van der Waals surface area contributed by atoms with Crippen LogP contribution >= 0.6 is 0 Å². The lowest BCUT2D eigenvalue weighted by Crippen LogP contribution is -2.44. The second-order valence-corrected chi connectivity index (χ2v) is 4.28. The summed E-state index contributed by atoms with van der Waals surface area (Å²) in [5.74, 6) is 0. The van der Waals surface area contributed by atoms with Crippen LogP contribution in [0.25, 0.3) is 0 Å². The third-order valence-corrected chi connectivity index (χ3v) is 2.98. The van der Waals surface area contributed by atoms with Crippen LogP contribution < -0.4 is 0 Å². The molecule has 1 aliphatic rings. The van der Waals surface area contributed by atoms with Gasteiger partial charge in [-0.25, -0.2) is 0 Å². The van der Waals surface area contributed by atoms with Crippen LogP contribution in [-0.2, 0) is 0 Å². The third-order valence-electron chi connectivity index (χ3n) is 2.98. The normalized spacial score (nSPS) is 20.1. The Balaban J connectivity index is 1.91. The van der Waals surface area contributed by atoms with Gasteiger partial charge in [-0.1, -0.05) is 12.8 Å². The summed E-state index contributed by atoms with van der Waals surface area (Å²) in [6.45, 7) is 6.51. The van der Waals surface area contributed by atoms with Gasteiger partial charge in [0.25, 0.3) is 0 Å². The Kier molecular flexibility index (Phi) is 6.15. The summed E-state index contributed by atoms with van der Waals surface area (Å²) in [6.07, 6.45) is 4.73. The van der Waals surface area contributed by atoms with Gasteiger partial charge in [-0.05, 0) is 26.4 Å². The van der Waals surface area contributed by atoms with Crippen molar-refractivity contribution in [3.8, 4) is 0 Å². The van der Waals surface area contributed by atoms with Crippen LogP contribution in [0.4, 0.5) is 0 Å². The SMILES string of the molecule is CN1CCN(CCCCCCO)CC1. The summed E-state index contributed by atoms with van der Waals surface area (Å²) in [5, 5.41) is 8.63. The van der Waals surface area contributed by atoms with Gasteiger partial charge in [0.2, 0.25) is 0 Å². The Bertz CT molecular complexity index is 133. The molecule has 0 unspecified atom stereocenters. The largest absolute Gasteiger partial charge is 0.396 e. The molecule has 0 aromatic rings. The molecule has 14 heavy (non-hydrogen) atoms. The van der Waals surface area contributed by atoms with Crippen molar-refractivity contribution in [3.63, 3.8) is 0 Å². The third kappa shape index (κ3) is 4.94. The fourth-order valence-corrected chi connectivity index (χ4v) is 1.87. The minimum Gasteiger partial charge on any atom is -0.396 e. The molecule has 0 aromatic carbocycles. The van der Waals surface area contributed by atoms with Crippen molar-refractivity contribution < 1.29 is 5.11 Å². The summed E-state index contributed by atoms with van der Waals surface area (Å²) >= 11 is 0. The standard InChI is InChI=1S/C11H24N2O/c1-12-7-9-13(10-8-12)6-4-2-3-5-11-14/h14H,2-11H2,1H3. The number of hydrogen-bond acceptors (Lipinski definition) is 3. The number of aliphatic hydroxyl groups is 1. The molecule has 3 heteroatoms. The number of unbranched alkanes of at least 4 members (excludes halogenated alkanes) is 3. The molecule has 1 rings (SSSR count). The first-order valence-corrected chi connectivity index (χ1v) is 5.84. The van der Waals surface area contributed by atoms with E-state index in [1.165, 1.54) is 52.0 Å². The molecular weight excluding hydrogens is 176 g/mol. The molecule has 0 atom stereocenters. The highest BCUT2D eigenvalue weighted by Crippen LogP contribution is 2.04. The molecule has 1 heterocycles. The van der Waals surface area contributed by atoms with Crippen molar-refractivity contribution in [2.75, 3.05) is 46.4 Å². The van der Waals surface area contributed by atoms with Gasteiger partial charge in [-0.3, -0.25) is 0 Å². The number of aliphatic hydroxyl groups excluding tert-OH is 1. The number of piperazine rings is 1. The molecule has 0 amide bonds. The minimum absolute atomic E-state index is 0.356. The maximum atomic E-state index is 8.63. The Morgan fingerprint density at radius 3 is 2.21 bits per heavy atom. The molecule has 0 bridgehead atoms. The van der Waals surface area contributed by atoms with Crippen LogP contribution in [0.2, 0.25) is 0 Å². The molecule has 0 aromatic heterocycles. The van der Waals surface area contributed by atoms with Gasteiger partial charge in [-0.2, -0.15) is 0 Å². The molecule has 0 saturated carbocycles. The van der Waals surface area contributed by atoms with Crippen LogP contribution in [0.5, 0.6) is 0 Å². The van der Waals surface area contributed by atoms with Crippen molar-refractivity contribution >= 4 is 0 Å². The van der Waals surface area contributed by atoms with Crippen LogP contribution in [0, 0.1) is 0 Å². The summed E-state index contributed by atoms with van der Waals surface area (Å²) < 4.78 is 0. The number of likely N-dealkylation sites (N-methyl/N-ethyl adjacent to an activating group) is 1. The van der Waals surface area contributed by atoms with Crippen molar-refractivity contribution in [1.82, 2.24) is 9.80 Å². The van der Waals surface area contributed by atoms with Crippen LogP contribution in [0.15, 0.2) is 0 Å². The van der Waals surface area contributed by atoms with Crippen molar-refractivity contribution in [1.29, 1.82) is 0 Å². The molecule has 0 spiro atoms. The van der Waals surface area contributed by atoms with Gasteiger partial charge < -0.3 is 14.9 Å². The quantitative estimate of drug-likeness (QED) is 0.642. The van der Waals surface area contributed by atoms with Crippen molar-refractivity contribution in [3.05, 3.63) is 0 Å². The lowest BCUT2D eigenvalue weighted by Gasteiger charge is -2.32. The number of rotatable bonds is 6. The molecule has 1 saturated heterocycles. The fourth-order valence-electron chi connectivity index (χ4n) is 1.87. The first-order valence-electron chi connectivity index (χ1n) is 5.84. The maximum absolute atomic E-state index is 8.63. The fraction of sp³-hybridized carbons (Fsp3) is 1.00. The summed E-state index contributed by atoms with van der Waals surface area (Å²) in [5.41, 5.74) is 0. The van der Waals surface area contributed by atoms with E-state index < -0.39 is 0 Å². The predicted octanol–water partition coefficient (Wildman–Crippen LogP) is 0.786. The number of nitrogens with zero attached hydrogens (tertiary/aromatic N) is 2. The van der Waals surface area contributed by atoms with E-state index in [4.69, 9.17) is 5.11 Å². The highest BCUT2D eigenvalue weighted by atomic mass is 16.2. The van der Waals surface area contributed by atoms with Crippen molar-refractivity contribution in [2.24, 2.45) is 0 Å². The maximum Gasteiger partial charge on any atom is 0.0431 e. The highest BCUT2D eigenvalue weighted by Gasteiger charge is 2.12. The van der Waals surface area contributed by atoms with E-state index in [2.05, 4.69) is 16.8 Å². The zero-order chi connectivity index (χ0) is 10.2. The lowest BCUT2D eigenvalue weighted by molar-refractivity contribution is 0.151. The molecule has 0 radical (unpaired) electrons. The molecule has 3 nitrogen and oxygen atoms in total. The van der Waals surface area contributed by atoms with Crippen LogP contribution in [0.1, 0.15) is 25.7 Å². The topological polar surface area (TPSA) is 26.7 Å². The smallest absolute Gasteiger partial charge is 0.0431 e. The van der Waals surface area contributed by atoms with E-state index >= 15 is 0 Å². The highest BCUT2D eigenvalue weighted by molar-refractivity contribution is 4.68. The van der Waals surface area contributed by atoms with E-state index in [0.717, 1.165) is 6.42 Å². The Labute approximate surface area is 87.7 Å². The van der Waals surface area contributed by atoms with Gasteiger partial charge in [-0.15, -0.1) is 0 Å². The Morgan fingerprint density at radius 2 is 1.57 bits per heavy atom. The van der Waals surface area contributed by atoms with E-state index in [9.17, 15) is 0 Å². The molecule has 0 aliphatic carbocycles. The zero-order valence-corrected chi connectivity index (χ0v) is 9.41. The zero-order valence-electron chi connectivity index (χ0n) is 9.41. The average Bonchev–Trinajstić information content (AvgIpc) is 2.21. The summed E-state index contributed by atoms with van der Waals surface area (Å²) in [7, 11) is 2.19. The van der Waals surface area contributed by atoms with E-state index in [1.807, 2.05) is 0 Å². The van der Waals surface area contributed by atoms with Crippen LogP contribution in [0.3, 0.4) is 0 Å². The predicted molar refractivity (Wildman–Crippen MR) is 59.5 cm³/mol. The average molecular weight is 200 g/mol. The monoisotopic (exact) mass is 200 g/mol. The molecule has 1 aliphatic heterocycles. The number of hydrogen-bond donors (Lipinski definition) is 1. The Hall–Kier alpha value is -0.120. The van der Waals surface area contributed by atoms with Gasteiger partial charge >= 0.3 is 0 Å². The van der Waals surface area contributed by atoms with E-state index in [1.54, 1.807) is 0 Å². The second-order valence-electron chi connectivity index (χ2n) is 4.28. The molecule has 1 N–H and O–H groups in total. The molecule has 1 fully saturated rings. The lowest BCUT2D eigenvalue weighted by atomic mass is 10.2. The first kappa shape index (κ1) is 12.0. The molecular formula is C11H24N2O. The van der Waals surface area contributed by atoms with Gasteiger partial charge in [0.05, 0.1) is 0 Å². The second kappa shape index (κ2) is 7.21. The first-order chi connectivity index (χ1) is 6.83. The van der Waals surface area contributed by atoms with Crippen molar-refractivity contribution in [2.45, 2.75) is 25.7 Å². The summed E-state index contributed by atoms with van der Waals surface area (Å²) in [6, 6.07) is 0. The Morgan fingerprint density at radius 1 is 0.929 bits per heavy atom. The summed E-state index contributed by atoms with van der Waals surface area (Å²) in [4.78, 5) is 4.95. The van der Waals surface area contributed by atoms with Crippen LogP contribution in [-0.4, -0.2) is 61.3 Å². The molecule has 84 valence electrons. The van der Waals surface area contributed by atoms with Gasteiger partial charge in [0.15, 0.2) is 0 Å². The minimum atomic E-state index is 0.356. The van der Waals surface area contributed by atoms with E-state index in [-0.39, 0.29) is 0 Å². The van der Waals surface area contributed by atoms with Gasteiger partial charge in [0, 0.05) is 32.8 Å². The van der Waals surface area contributed by atoms with E-state index in [0.29, 0.717) is 6.61 Å².